The van der Waals surface area contributed by atoms with Crippen LogP contribution in [0.15, 0.2) is 79.1 Å². The molecule has 1 saturated heterocycles. The van der Waals surface area contributed by atoms with Crippen LogP contribution in [-0.4, -0.2) is 50.4 Å². The number of imidazole rings is 1. The summed E-state index contributed by atoms with van der Waals surface area (Å²) < 4.78 is 1.73. The quantitative estimate of drug-likeness (QED) is 0.369. The third-order valence-corrected chi connectivity index (χ3v) is 7.44. The van der Waals surface area contributed by atoms with E-state index in [4.69, 9.17) is 5.73 Å². The van der Waals surface area contributed by atoms with Crippen molar-refractivity contribution in [1.29, 1.82) is 0 Å². The van der Waals surface area contributed by atoms with E-state index in [1.807, 2.05) is 30.3 Å². The molecule has 2 aliphatic rings. The Morgan fingerprint density at radius 1 is 1.08 bits per heavy atom. The summed E-state index contributed by atoms with van der Waals surface area (Å²) in [5, 5.41) is 13.2. The van der Waals surface area contributed by atoms with Gasteiger partial charge in [0.25, 0.3) is 0 Å². The number of primary amides is 1. The number of aromatic nitrogens is 2. The van der Waals surface area contributed by atoms with Gasteiger partial charge < -0.3 is 10.8 Å². The van der Waals surface area contributed by atoms with Crippen LogP contribution in [0.4, 0.5) is 0 Å². The van der Waals surface area contributed by atoms with E-state index in [1.165, 1.54) is 5.56 Å². The highest BCUT2D eigenvalue weighted by atomic mass is 16.3. The van der Waals surface area contributed by atoms with Gasteiger partial charge in [-0.05, 0) is 46.9 Å². The summed E-state index contributed by atoms with van der Waals surface area (Å²) in [6, 6.07) is 22.8. The minimum absolute atomic E-state index is 0.0750. The highest BCUT2D eigenvalue weighted by molar-refractivity contribution is 6.02. The summed E-state index contributed by atoms with van der Waals surface area (Å²) in [4.78, 5) is 32.1. The Balaban J connectivity index is 1.26. The molecule has 3 heterocycles. The predicted molar refractivity (Wildman–Crippen MR) is 144 cm³/mol. The van der Waals surface area contributed by atoms with E-state index in [0.717, 1.165) is 36.2 Å². The smallest absolute Gasteiger partial charge is 0.248 e. The number of aliphatic hydroxyl groups is 1. The molecule has 8 nitrogen and oxygen atoms in total. The maximum atomic E-state index is 13.7. The normalized spacial score (nSPS) is 19.4. The number of benzene rings is 3. The number of carbonyl (C=O) groups excluding carboxylic acids is 2. The van der Waals surface area contributed by atoms with E-state index >= 15 is 0 Å². The standard InChI is InChI=1S/C30H29N5O3/c31-30(38)21-5-3-6-23(14-21)35-18-33-26-15-32-27(29(37)28(26)35)20-10-8-19(9-11-20)25-7-2-1-4-22(25)16-34-13-12-24(36)17-34/h1-11,14,18,24,27,32,36H,12-13,15-17H2,(H2,31,38)/t24-,27?/m1/s1. The Morgan fingerprint density at radius 3 is 2.66 bits per heavy atom. The number of likely N-dealkylation sites (tertiary alicyclic amines) is 1. The molecule has 0 spiro atoms. The van der Waals surface area contributed by atoms with Gasteiger partial charge in [0.05, 0.1) is 17.8 Å². The molecule has 3 aromatic carbocycles. The molecule has 1 unspecified atom stereocenters. The number of carbonyl (C=O) groups is 2. The lowest BCUT2D eigenvalue weighted by molar-refractivity contribution is 0.0922. The average Bonchev–Trinajstić information content (AvgIpc) is 3.56. The molecule has 1 aromatic heterocycles. The number of Topliss-reactive ketones (excluding diaryl/α,β-unsaturated/α-hetero) is 1. The first-order valence-corrected chi connectivity index (χ1v) is 12.8. The van der Waals surface area contributed by atoms with Gasteiger partial charge in [0, 0.05) is 37.4 Å². The number of nitrogens with zero attached hydrogens (tertiary/aromatic N) is 3. The molecule has 0 saturated carbocycles. The van der Waals surface area contributed by atoms with Crippen LogP contribution in [0.5, 0.6) is 0 Å². The molecule has 4 N–H and O–H groups in total. The molecule has 0 bridgehead atoms. The van der Waals surface area contributed by atoms with E-state index < -0.39 is 11.9 Å². The van der Waals surface area contributed by atoms with Crippen molar-refractivity contribution in [2.75, 3.05) is 13.1 Å². The number of ketones is 1. The fourth-order valence-corrected chi connectivity index (χ4v) is 5.47. The van der Waals surface area contributed by atoms with E-state index in [0.29, 0.717) is 35.7 Å². The van der Waals surface area contributed by atoms with Crippen LogP contribution in [0, 0.1) is 0 Å². The number of amides is 1. The molecule has 192 valence electrons. The molecule has 2 atom stereocenters. The number of nitrogens with one attached hydrogen (secondary N) is 1. The van der Waals surface area contributed by atoms with Crippen LogP contribution in [0.2, 0.25) is 0 Å². The third-order valence-electron chi connectivity index (χ3n) is 7.44. The zero-order chi connectivity index (χ0) is 26.2. The molecule has 8 heteroatoms. The van der Waals surface area contributed by atoms with Crippen molar-refractivity contribution >= 4 is 11.7 Å². The lowest BCUT2D eigenvalue weighted by atomic mass is 9.93. The van der Waals surface area contributed by atoms with Gasteiger partial charge in [0.2, 0.25) is 11.7 Å². The van der Waals surface area contributed by atoms with Gasteiger partial charge in [-0.3, -0.25) is 24.4 Å². The van der Waals surface area contributed by atoms with Gasteiger partial charge >= 0.3 is 0 Å². The van der Waals surface area contributed by atoms with Crippen LogP contribution in [0.3, 0.4) is 0 Å². The highest BCUT2D eigenvalue weighted by Crippen LogP contribution is 2.31. The SMILES string of the molecule is NC(=O)c1cccc(-n2cnc3c2C(=O)C(c2ccc(-c4ccccc4CN4CC[C@@H](O)C4)cc2)NC3)c1. The average molecular weight is 508 g/mol. The summed E-state index contributed by atoms with van der Waals surface area (Å²) in [5.74, 6) is -0.597. The largest absolute Gasteiger partial charge is 0.392 e. The zero-order valence-corrected chi connectivity index (χ0v) is 20.9. The van der Waals surface area contributed by atoms with E-state index in [1.54, 1.807) is 29.1 Å². The molecule has 0 radical (unpaired) electrons. The lowest BCUT2D eigenvalue weighted by Crippen LogP contribution is -2.35. The monoisotopic (exact) mass is 507 g/mol. The fourth-order valence-electron chi connectivity index (χ4n) is 5.47. The number of nitrogens with two attached hydrogens (primary N) is 1. The molecule has 2 aliphatic heterocycles. The maximum absolute atomic E-state index is 13.7. The fraction of sp³-hybridized carbons (Fsp3) is 0.233. The molecule has 38 heavy (non-hydrogen) atoms. The topological polar surface area (TPSA) is 113 Å². The molecule has 6 rings (SSSR count). The Hall–Kier alpha value is -4.11. The Labute approximate surface area is 220 Å². The number of aliphatic hydroxyl groups excluding tert-OH is 1. The predicted octanol–water partition coefficient (Wildman–Crippen LogP) is 3.23. The molecule has 1 fully saturated rings. The van der Waals surface area contributed by atoms with Crippen molar-refractivity contribution in [2.45, 2.75) is 31.7 Å². The Kier molecular flexibility index (Phi) is 6.37. The lowest BCUT2D eigenvalue weighted by Gasteiger charge is -2.24. The van der Waals surface area contributed by atoms with Crippen LogP contribution in [0.1, 0.15) is 50.1 Å². The van der Waals surface area contributed by atoms with Gasteiger partial charge in [0.1, 0.15) is 12.0 Å². The molecular formula is C30H29N5O3. The minimum atomic E-state index is -0.522. The van der Waals surface area contributed by atoms with Crippen molar-refractivity contribution in [2.24, 2.45) is 5.73 Å². The number of hydrogen-bond acceptors (Lipinski definition) is 6. The molecule has 0 aliphatic carbocycles. The molecule has 4 aromatic rings. The maximum Gasteiger partial charge on any atom is 0.248 e. The summed E-state index contributed by atoms with van der Waals surface area (Å²) in [6.07, 6.45) is 2.19. The van der Waals surface area contributed by atoms with Crippen molar-refractivity contribution in [1.82, 2.24) is 19.8 Å². The van der Waals surface area contributed by atoms with E-state index in [2.05, 4.69) is 39.5 Å². The Bertz CT molecular complexity index is 1510. The number of hydrogen-bond donors (Lipinski definition) is 3. The first kappa shape index (κ1) is 24.2. The van der Waals surface area contributed by atoms with Crippen molar-refractivity contribution in [3.63, 3.8) is 0 Å². The number of β-amino-alcohol motifs (C(OH)–C–C–N with tert-alkyl or cyclic N) is 1. The molecular weight excluding hydrogens is 478 g/mol. The van der Waals surface area contributed by atoms with Crippen molar-refractivity contribution < 1.29 is 14.7 Å². The second-order valence-corrected chi connectivity index (χ2v) is 9.96. The summed E-state index contributed by atoms with van der Waals surface area (Å²) >= 11 is 0. The van der Waals surface area contributed by atoms with Crippen LogP contribution >= 0.6 is 0 Å². The second kappa shape index (κ2) is 9.98. The first-order valence-electron chi connectivity index (χ1n) is 12.8. The van der Waals surface area contributed by atoms with Crippen LogP contribution in [0.25, 0.3) is 16.8 Å². The summed E-state index contributed by atoms with van der Waals surface area (Å²) in [6.45, 7) is 2.85. The van der Waals surface area contributed by atoms with Gasteiger partial charge in [0.15, 0.2) is 0 Å². The minimum Gasteiger partial charge on any atom is -0.392 e. The number of rotatable bonds is 6. The first-order chi connectivity index (χ1) is 18.5. The van der Waals surface area contributed by atoms with Gasteiger partial charge in [-0.1, -0.05) is 54.6 Å². The number of fused-ring (bicyclic) bond motifs is 1. The van der Waals surface area contributed by atoms with Gasteiger partial charge in [-0.25, -0.2) is 4.98 Å². The third kappa shape index (κ3) is 4.54. The summed E-state index contributed by atoms with van der Waals surface area (Å²) in [5.41, 5.74) is 12.0. The summed E-state index contributed by atoms with van der Waals surface area (Å²) in [7, 11) is 0. The second-order valence-electron chi connectivity index (χ2n) is 9.96. The van der Waals surface area contributed by atoms with Crippen LogP contribution in [-0.2, 0) is 13.1 Å². The van der Waals surface area contributed by atoms with E-state index in [-0.39, 0.29) is 11.9 Å². The van der Waals surface area contributed by atoms with Crippen molar-refractivity contribution in [3.8, 4) is 16.8 Å². The van der Waals surface area contributed by atoms with Gasteiger partial charge in [-0.2, -0.15) is 0 Å². The van der Waals surface area contributed by atoms with Crippen LogP contribution < -0.4 is 11.1 Å². The van der Waals surface area contributed by atoms with Crippen molar-refractivity contribution in [3.05, 3.63) is 107 Å². The zero-order valence-electron chi connectivity index (χ0n) is 20.9. The Morgan fingerprint density at radius 2 is 1.89 bits per heavy atom. The molecule has 1 amide bonds. The highest BCUT2D eigenvalue weighted by Gasteiger charge is 2.32. The van der Waals surface area contributed by atoms with Gasteiger partial charge in [-0.15, -0.1) is 0 Å². The van der Waals surface area contributed by atoms with E-state index in [9.17, 15) is 14.7 Å².